The molecule has 0 unspecified atom stereocenters. The molecule has 2 nitrogen and oxygen atoms in total. The van der Waals surface area contributed by atoms with Gasteiger partial charge < -0.3 is 9.33 Å². The van der Waals surface area contributed by atoms with Crippen LogP contribution in [0, 0.1) is 0 Å². The van der Waals surface area contributed by atoms with Gasteiger partial charge in [0.2, 0.25) is 0 Å². The molecule has 138 valence electrons. The van der Waals surface area contributed by atoms with Crippen LogP contribution in [0.1, 0.15) is 30.9 Å². The monoisotopic (exact) mass is 365 g/mol. The number of allylic oxidation sites excluding steroid dienone is 1. The molecule has 0 amide bonds. The first kappa shape index (κ1) is 18.9. The molecule has 3 heteroatoms. The number of hydrogen-bond donors (Lipinski definition) is 0. The fourth-order valence-corrected chi connectivity index (χ4v) is 5.52. The maximum Gasteiger partial charge on any atom is 0.185 e. The molecule has 1 saturated heterocycles. The van der Waals surface area contributed by atoms with Crippen molar-refractivity contribution in [2.24, 2.45) is 0 Å². The highest BCUT2D eigenvalue weighted by molar-refractivity contribution is 6.69. The second kappa shape index (κ2) is 7.81. The highest BCUT2D eigenvalue weighted by Crippen LogP contribution is 2.45. The van der Waals surface area contributed by atoms with Gasteiger partial charge in [0, 0.05) is 6.54 Å². The van der Waals surface area contributed by atoms with Gasteiger partial charge in [-0.05, 0) is 56.7 Å². The van der Waals surface area contributed by atoms with Crippen LogP contribution >= 0.6 is 0 Å². The Bertz CT molecular complexity index is 681. The van der Waals surface area contributed by atoms with E-state index in [1.807, 2.05) is 0 Å². The van der Waals surface area contributed by atoms with Crippen LogP contribution in [0.4, 0.5) is 0 Å². The third-order valence-electron chi connectivity index (χ3n) is 4.98. The molecule has 0 N–H and O–H groups in total. The van der Waals surface area contributed by atoms with E-state index >= 15 is 0 Å². The van der Waals surface area contributed by atoms with Crippen molar-refractivity contribution in [1.82, 2.24) is 4.90 Å². The lowest BCUT2D eigenvalue weighted by Crippen LogP contribution is -2.53. The zero-order valence-corrected chi connectivity index (χ0v) is 17.5. The lowest BCUT2D eigenvalue weighted by atomic mass is 9.79. The summed E-state index contributed by atoms with van der Waals surface area (Å²) in [6, 6.07) is 22.0. The van der Waals surface area contributed by atoms with Gasteiger partial charge >= 0.3 is 0 Å². The highest BCUT2D eigenvalue weighted by atomic mass is 28.4. The first-order chi connectivity index (χ1) is 12.5. The Hall–Kier alpha value is -1.84. The van der Waals surface area contributed by atoms with Crippen LogP contribution in [0.2, 0.25) is 19.6 Å². The van der Waals surface area contributed by atoms with Gasteiger partial charge in [0.15, 0.2) is 8.32 Å². The van der Waals surface area contributed by atoms with E-state index in [9.17, 15) is 0 Å². The van der Waals surface area contributed by atoms with Crippen LogP contribution in [-0.4, -0.2) is 25.8 Å². The number of likely N-dealkylation sites (tertiary alicyclic amines) is 1. The summed E-state index contributed by atoms with van der Waals surface area (Å²) in [7, 11) is -1.83. The average Bonchev–Trinajstić information content (AvgIpc) is 3.09. The Kier molecular flexibility index (Phi) is 5.69. The maximum absolute atomic E-state index is 7.12. The number of rotatable bonds is 6. The van der Waals surface area contributed by atoms with Gasteiger partial charge in [0.1, 0.15) is 5.60 Å². The Balaban J connectivity index is 2.24. The fourth-order valence-electron chi connectivity index (χ4n) is 4.19. The molecule has 1 heterocycles. The van der Waals surface area contributed by atoms with Crippen LogP contribution in [-0.2, 0) is 10.0 Å². The van der Waals surface area contributed by atoms with Gasteiger partial charge in [-0.1, -0.05) is 66.7 Å². The van der Waals surface area contributed by atoms with Gasteiger partial charge in [-0.15, -0.1) is 0 Å². The molecule has 1 aliphatic rings. The Morgan fingerprint density at radius 1 is 0.962 bits per heavy atom. The molecular formula is C23H31NOSi. The Morgan fingerprint density at radius 3 is 1.96 bits per heavy atom. The smallest absolute Gasteiger partial charge is 0.185 e. The van der Waals surface area contributed by atoms with Gasteiger partial charge in [-0.2, -0.15) is 0 Å². The highest BCUT2D eigenvalue weighted by Gasteiger charge is 2.49. The molecular weight excluding hydrogens is 334 g/mol. The molecule has 0 radical (unpaired) electrons. The molecule has 0 bridgehead atoms. The molecule has 1 atom stereocenters. The fraction of sp³-hybridized carbons (Fsp3) is 0.391. The summed E-state index contributed by atoms with van der Waals surface area (Å²) < 4.78 is 7.12. The molecule has 0 saturated carbocycles. The number of hydrogen-bond acceptors (Lipinski definition) is 2. The van der Waals surface area contributed by atoms with E-state index in [1.54, 1.807) is 0 Å². The van der Waals surface area contributed by atoms with Gasteiger partial charge in [-0.3, -0.25) is 0 Å². The third-order valence-corrected chi connectivity index (χ3v) is 5.91. The molecule has 2 aromatic carbocycles. The molecule has 0 spiro atoms. The quantitative estimate of drug-likeness (QED) is 0.602. The van der Waals surface area contributed by atoms with E-state index in [0.717, 1.165) is 13.0 Å². The summed E-state index contributed by atoms with van der Waals surface area (Å²) in [5, 5.41) is 0. The van der Waals surface area contributed by atoms with Crippen molar-refractivity contribution in [1.29, 1.82) is 0 Å². The van der Waals surface area contributed by atoms with Crippen molar-refractivity contribution < 1.29 is 4.43 Å². The first-order valence-electron chi connectivity index (χ1n) is 9.67. The van der Waals surface area contributed by atoms with Crippen LogP contribution in [0.15, 0.2) is 72.9 Å². The lowest BCUT2D eigenvalue weighted by Gasteiger charge is -2.47. The minimum Gasteiger partial charge on any atom is -0.402 e. The molecule has 0 aromatic heterocycles. The SMILES string of the molecule is C/C=C/N1CCC[C@H]1C(O[Si](C)(C)C)(c1ccccc1)c1ccccc1. The predicted octanol–water partition coefficient (Wildman–Crippen LogP) is 5.78. The van der Waals surface area contributed by atoms with Crippen LogP contribution in [0.3, 0.4) is 0 Å². The number of nitrogens with zero attached hydrogens (tertiary/aromatic N) is 1. The van der Waals surface area contributed by atoms with E-state index in [0.29, 0.717) is 6.04 Å². The van der Waals surface area contributed by atoms with Crippen LogP contribution in [0.25, 0.3) is 0 Å². The minimum absolute atomic E-state index is 0.301. The zero-order valence-electron chi connectivity index (χ0n) is 16.5. The molecule has 1 aliphatic heterocycles. The van der Waals surface area contributed by atoms with E-state index in [4.69, 9.17) is 4.43 Å². The molecule has 2 aromatic rings. The maximum atomic E-state index is 7.12. The largest absolute Gasteiger partial charge is 0.402 e. The average molecular weight is 366 g/mol. The first-order valence-corrected chi connectivity index (χ1v) is 13.1. The standard InChI is InChI=1S/C23H31NOSi/c1-5-18-24-19-12-17-22(24)23(25-26(2,3)4,20-13-8-6-9-14-20)21-15-10-7-11-16-21/h5-11,13-16,18,22H,12,17,19H2,1-4H3/b18-5+/t22-/m0/s1. The second-order valence-electron chi connectivity index (χ2n) is 8.06. The lowest BCUT2D eigenvalue weighted by molar-refractivity contribution is 0.0284. The van der Waals surface area contributed by atoms with Gasteiger partial charge in [-0.25, -0.2) is 0 Å². The third kappa shape index (κ3) is 3.79. The molecule has 26 heavy (non-hydrogen) atoms. The van der Waals surface area contributed by atoms with Crippen molar-refractivity contribution in [2.75, 3.05) is 6.54 Å². The van der Waals surface area contributed by atoms with Crippen molar-refractivity contribution in [3.63, 3.8) is 0 Å². The van der Waals surface area contributed by atoms with Crippen molar-refractivity contribution in [2.45, 2.75) is 51.0 Å². The predicted molar refractivity (Wildman–Crippen MR) is 113 cm³/mol. The number of benzene rings is 2. The molecule has 1 fully saturated rings. The minimum atomic E-state index is -1.83. The Morgan fingerprint density at radius 2 is 1.50 bits per heavy atom. The summed E-state index contributed by atoms with van der Waals surface area (Å²) in [4.78, 5) is 2.49. The molecule has 3 rings (SSSR count). The van der Waals surface area contributed by atoms with Crippen molar-refractivity contribution >= 4 is 8.32 Å². The zero-order chi connectivity index (χ0) is 18.6. The normalized spacial score (nSPS) is 18.6. The summed E-state index contributed by atoms with van der Waals surface area (Å²) in [5.41, 5.74) is 2.08. The van der Waals surface area contributed by atoms with Crippen molar-refractivity contribution in [3.8, 4) is 0 Å². The van der Waals surface area contributed by atoms with Gasteiger partial charge in [0.25, 0.3) is 0 Å². The van der Waals surface area contributed by atoms with Gasteiger partial charge in [0.05, 0.1) is 6.04 Å². The van der Waals surface area contributed by atoms with Crippen LogP contribution in [0.5, 0.6) is 0 Å². The summed E-state index contributed by atoms with van der Waals surface area (Å²) >= 11 is 0. The van der Waals surface area contributed by atoms with E-state index in [-0.39, 0.29) is 0 Å². The van der Waals surface area contributed by atoms with Crippen molar-refractivity contribution in [3.05, 3.63) is 84.1 Å². The summed E-state index contributed by atoms with van der Waals surface area (Å²) in [6.07, 6.45) is 6.73. The second-order valence-corrected chi connectivity index (χ2v) is 12.5. The van der Waals surface area contributed by atoms with Crippen LogP contribution < -0.4 is 0 Å². The molecule has 0 aliphatic carbocycles. The topological polar surface area (TPSA) is 12.5 Å². The van der Waals surface area contributed by atoms with E-state index in [1.165, 1.54) is 17.5 Å². The summed E-state index contributed by atoms with van der Waals surface area (Å²) in [5.74, 6) is 0. The summed E-state index contributed by atoms with van der Waals surface area (Å²) in [6.45, 7) is 10.1. The Labute approximate surface area is 159 Å². The van der Waals surface area contributed by atoms with E-state index in [2.05, 4.69) is 104 Å². The van der Waals surface area contributed by atoms with E-state index < -0.39 is 13.9 Å².